The van der Waals surface area contributed by atoms with Crippen LogP contribution in [0.5, 0.6) is 0 Å². The van der Waals surface area contributed by atoms with Crippen molar-refractivity contribution in [3.63, 3.8) is 0 Å². The smallest absolute Gasteiger partial charge is 0.151 e. The Morgan fingerprint density at radius 2 is 1.68 bits per heavy atom. The summed E-state index contributed by atoms with van der Waals surface area (Å²) in [7, 11) is 0. The molecule has 1 aliphatic heterocycles. The number of H-pyrrole nitrogens is 1. The number of hydrogen-bond donors (Lipinski definition) is 2. The van der Waals surface area contributed by atoms with Crippen molar-refractivity contribution < 1.29 is 4.90 Å². The van der Waals surface area contributed by atoms with Crippen LogP contribution in [0.15, 0.2) is 72.1 Å². The van der Waals surface area contributed by atoms with Crippen molar-refractivity contribution in [3.8, 4) is 0 Å². The normalized spacial score (nSPS) is 16.5. The van der Waals surface area contributed by atoms with E-state index in [1.165, 1.54) is 32.7 Å². The average molecular weight is 389 g/mol. The summed E-state index contributed by atoms with van der Waals surface area (Å²) in [5.41, 5.74) is 5.37. The number of aryl methyl sites for hydroxylation is 1. The number of nitrogens with zero attached hydrogens (tertiary/aromatic N) is 1. The third kappa shape index (κ3) is 3.13. The SMILES string of the molecule is Cc1[nH]c2ccccc2c1[C@@H](c1cccs1)[NH+]1CCN(c2ccccc2)CC1. The molecule has 1 saturated heterocycles. The van der Waals surface area contributed by atoms with Gasteiger partial charge in [0.15, 0.2) is 6.04 Å². The third-order valence-electron chi connectivity index (χ3n) is 6.00. The monoisotopic (exact) mass is 388 g/mol. The van der Waals surface area contributed by atoms with Crippen LogP contribution in [0.2, 0.25) is 0 Å². The van der Waals surface area contributed by atoms with Crippen molar-refractivity contribution in [1.82, 2.24) is 4.98 Å². The highest BCUT2D eigenvalue weighted by molar-refractivity contribution is 7.10. The molecule has 5 rings (SSSR count). The Morgan fingerprint density at radius 3 is 2.43 bits per heavy atom. The zero-order valence-corrected chi connectivity index (χ0v) is 17.0. The highest BCUT2D eigenvalue weighted by atomic mass is 32.1. The van der Waals surface area contributed by atoms with Gasteiger partial charge in [0.25, 0.3) is 0 Å². The van der Waals surface area contributed by atoms with Crippen LogP contribution in [-0.2, 0) is 0 Å². The van der Waals surface area contributed by atoms with E-state index in [4.69, 9.17) is 0 Å². The fourth-order valence-electron chi connectivity index (χ4n) is 4.65. The van der Waals surface area contributed by atoms with Gasteiger partial charge < -0.3 is 14.8 Å². The van der Waals surface area contributed by atoms with E-state index >= 15 is 0 Å². The van der Waals surface area contributed by atoms with Gasteiger partial charge in [-0.25, -0.2) is 0 Å². The van der Waals surface area contributed by atoms with Crippen molar-refractivity contribution >= 4 is 27.9 Å². The van der Waals surface area contributed by atoms with Gasteiger partial charge >= 0.3 is 0 Å². The lowest BCUT2D eigenvalue weighted by molar-refractivity contribution is -0.925. The quantitative estimate of drug-likeness (QED) is 0.542. The lowest BCUT2D eigenvalue weighted by atomic mass is 9.99. The molecule has 0 spiro atoms. The van der Waals surface area contributed by atoms with Gasteiger partial charge in [-0.05, 0) is 36.6 Å². The Morgan fingerprint density at radius 1 is 0.929 bits per heavy atom. The Labute approximate surface area is 170 Å². The van der Waals surface area contributed by atoms with Gasteiger partial charge in [0.1, 0.15) is 0 Å². The number of anilines is 1. The van der Waals surface area contributed by atoms with Crippen LogP contribution in [0.3, 0.4) is 0 Å². The van der Waals surface area contributed by atoms with Crippen LogP contribution in [0.25, 0.3) is 10.9 Å². The molecule has 1 fully saturated rings. The van der Waals surface area contributed by atoms with Gasteiger partial charge in [-0.2, -0.15) is 0 Å². The van der Waals surface area contributed by atoms with Gasteiger partial charge in [-0.15, -0.1) is 11.3 Å². The largest absolute Gasteiger partial charge is 0.360 e. The first-order chi connectivity index (χ1) is 13.8. The summed E-state index contributed by atoms with van der Waals surface area (Å²) in [6.45, 7) is 6.73. The molecule has 2 aromatic carbocycles. The molecule has 142 valence electrons. The molecule has 0 radical (unpaired) electrons. The van der Waals surface area contributed by atoms with Crippen LogP contribution in [-0.4, -0.2) is 31.2 Å². The number of thiophene rings is 1. The molecule has 2 N–H and O–H groups in total. The number of fused-ring (bicyclic) bond motifs is 1. The first-order valence-corrected chi connectivity index (χ1v) is 10.9. The van der Waals surface area contributed by atoms with E-state index in [1.807, 2.05) is 11.3 Å². The summed E-state index contributed by atoms with van der Waals surface area (Å²) in [6.07, 6.45) is 0. The molecule has 0 aliphatic carbocycles. The van der Waals surface area contributed by atoms with Gasteiger partial charge in [0.2, 0.25) is 0 Å². The van der Waals surface area contributed by atoms with E-state index < -0.39 is 0 Å². The molecule has 3 heterocycles. The number of rotatable bonds is 4. The fraction of sp³-hybridized carbons (Fsp3) is 0.250. The summed E-state index contributed by atoms with van der Waals surface area (Å²) in [5.74, 6) is 0. The second-order valence-electron chi connectivity index (χ2n) is 7.64. The lowest BCUT2D eigenvalue weighted by Crippen LogP contribution is -3.15. The molecule has 0 saturated carbocycles. The van der Waals surface area contributed by atoms with E-state index in [9.17, 15) is 0 Å². The molecule has 1 atom stereocenters. The van der Waals surface area contributed by atoms with Crippen molar-refractivity contribution in [3.05, 3.63) is 88.2 Å². The average Bonchev–Trinajstić information content (AvgIpc) is 3.38. The first-order valence-electron chi connectivity index (χ1n) is 10.1. The van der Waals surface area contributed by atoms with Crippen LogP contribution in [0.4, 0.5) is 5.69 Å². The van der Waals surface area contributed by atoms with E-state index in [-0.39, 0.29) is 0 Å². The lowest BCUT2D eigenvalue weighted by Gasteiger charge is -2.37. The maximum atomic E-state index is 3.62. The molecule has 1 aliphatic rings. The number of aromatic amines is 1. The number of quaternary nitrogens is 1. The zero-order chi connectivity index (χ0) is 18.9. The number of para-hydroxylation sites is 2. The molecular weight excluding hydrogens is 362 g/mol. The maximum Gasteiger partial charge on any atom is 0.151 e. The fourth-order valence-corrected chi connectivity index (χ4v) is 5.55. The minimum atomic E-state index is 0.397. The summed E-state index contributed by atoms with van der Waals surface area (Å²) in [5, 5.41) is 3.59. The Kier molecular flexibility index (Phi) is 4.67. The molecule has 3 nitrogen and oxygen atoms in total. The van der Waals surface area contributed by atoms with E-state index in [1.54, 1.807) is 4.90 Å². The highest BCUT2D eigenvalue weighted by Gasteiger charge is 2.33. The zero-order valence-electron chi connectivity index (χ0n) is 16.2. The molecule has 0 amide bonds. The van der Waals surface area contributed by atoms with E-state index in [0.29, 0.717) is 6.04 Å². The van der Waals surface area contributed by atoms with E-state index in [0.717, 1.165) is 26.2 Å². The molecule has 4 aromatic rings. The first kappa shape index (κ1) is 17.5. The van der Waals surface area contributed by atoms with Gasteiger partial charge in [-0.1, -0.05) is 42.5 Å². The number of benzene rings is 2. The second kappa shape index (κ2) is 7.46. The molecule has 28 heavy (non-hydrogen) atoms. The maximum absolute atomic E-state index is 3.62. The Hall–Kier alpha value is -2.56. The summed E-state index contributed by atoms with van der Waals surface area (Å²) in [4.78, 5) is 9.29. The van der Waals surface area contributed by atoms with E-state index in [2.05, 4.69) is 88.9 Å². The number of nitrogens with one attached hydrogen (secondary N) is 2. The number of piperazine rings is 1. The standard InChI is InChI=1S/C24H25N3S/c1-18-23(20-10-5-6-11-21(20)25-18)24(22-12-7-17-28-22)27-15-13-26(14-16-27)19-8-3-2-4-9-19/h2-12,17,24-25H,13-16H2,1H3/p+1/t24-/m1/s1. The number of aromatic nitrogens is 1. The topological polar surface area (TPSA) is 23.5 Å². The highest BCUT2D eigenvalue weighted by Crippen LogP contribution is 2.32. The minimum Gasteiger partial charge on any atom is -0.360 e. The summed E-state index contributed by atoms with van der Waals surface area (Å²) >= 11 is 1.89. The molecule has 0 bridgehead atoms. The van der Waals surface area contributed by atoms with Crippen molar-refractivity contribution in [1.29, 1.82) is 0 Å². The van der Waals surface area contributed by atoms with Crippen LogP contribution >= 0.6 is 11.3 Å². The van der Waals surface area contributed by atoms with Crippen molar-refractivity contribution in [2.45, 2.75) is 13.0 Å². The van der Waals surface area contributed by atoms with Crippen molar-refractivity contribution in [2.75, 3.05) is 31.1 Å². The van der Waals surface area contributed by atoms with Crippen LogP contribution in [0, 0.1) is 6.92 Å². The Balaban J connectivity index is 1.48. The molecule has 4 heteroatoms. The summed E-state index contributed by atoms with van der Waals surface area (Å²) < 4.78 is 0. The Bertz CT molecular complexity index is 1040. The predicted octanol–water partition coefficient (Wildman–Crippen LogP) is 4.03. The molecule has 2 aromatic heterocycles. The van der Waals surface area contributed by atoms with Gasteiger partial charge in [-0.3, -0.25) is 0 Å². The summed E-state index contributed by atoms with van der Waals surface area (Å²) in [6, 6.07) is 24.5. The number of hydrogen-bond acceptors (Lipinski definition) is 2. The second-order valence-corrected chi connectivity index (χ2v) is 8.62. The third-order valence-corrected chi connectivity index (χ3v) is 6.93. The van der Waals surface area contributed by atoms with Gasteiger partial charge in [0, 0.05) is 27.8 Å². The minimum absolute atomic E-state index is 0.397. The van der Waals surface area contributed by atoms with Crippen LogP contribution < -0.4 is 9.80 Å². The van der Waals surface area contributed by atoms with Crippen molar-refractivity contribution in [2.24, 2.45) is 0 Å². The predicted molar refractivity (Wildman–Crippen MR) is 119 cm³/mol. The molecular formula is C24H26N3S+. The van der Waals surface area contributed by atoms with Gasteiger partial charge in [0.05, 0.1) is 31.1 Å². The molecule has 0 unspecified atom stereocenters. The van der Waals surface area contributed by atoms with Crippen LogP contribution in [0.1, 0.15) is 22.2 Å².